The molecule has 3 rings (SSSR count). The molecular weight excluding hydrogens is 364 g/mol. The predicted molar refractivity (Wildman–Crippen MR) is 101 cm³/mol. The molecule has 2 N–H and O–H groups in total. The summed E-state index contributed by atoms with van der Waals surface area (Å²) in [5.41, 5.74) is 1.03. The Morgan fingerprint density at radius 2 is 1.81 bits per heavy atom. The fraction of sp³-hybridized carbons (Fsp3) is 0.611. The van der Waals surface area contributed by atoms with Crippen molar-refractivity contribution in [3.05, 3.63) is 35.7 Å². The number of quaternary nitrogens is 2. The Bertz CT molecular complexity index is 841. The number of rotatable bonds is 7. The molecule has 9 heteroatoms. The van der Waals surface area contributed by atoms with E-state index in [4.69, 9.17) is 0 Å². The monoisotopic (exact) mass is 394 g/mol. The van der Waals surface area contributed by atoms with Crippen molar-refractivity contribution >= 4 is 9.84 Å². The van der Waals surface area contributed by atoms with Crippen molar-refractivity contribution in [2.45, 2.75) is 43.5 Å². The van der Waals surface area contributed by atoms with Crippen LogP contribution in [0.4, 0.5) is 0 Å². The summed E-state index contributed by atoms with van der Waals surface area (Å²) in [5.74, 6) is 0.457. The summed E-state index contributed by atoms with van der Waals surface area (Å²) in [5, 5.41) is 12.1. The first kappa shape index (κ1) is 19.9. The molecule has 0 unspecified atom stereocenters. The second kappa shape index (κ2) is 8.45. The molecule has 1 aliphatic heterocycles. The Morgan fingerprint density at radius 1 is 1.15 bits per heavy atom. The highest BCUT2D eigenvalue weighted by Gasteiger charge is 2.33. The van der Waals surface area contributed by atoms with E-state index in [9.17, 15) is 8.42 Å². The van der Waals surface area contributed by atoms with Crippen LogP contribution in [0.3, 0.4) is 0 Å². The van der Waals surface area contributed by atoms with Crippen molar-refractivity contribution in [3.8, 4) is 0 Å². The minimum atomic E-state index is -3.50. The number of benzene rings is 1. The zero-order valence-corrected chi connectivity index (χ0v) is 17.2. The zero-order chi connectivity index (χ0) is 19.4. The number of likely N-dealkylation sites (N-methyl/N-ethyl adjacent to an activating group) is 1. The summed E-state index contributed by atoms with van der Waals surface area (Å²) < 4.78 is 27.2. The Kier molecular flexibility index (Phi) is 6.23. The van der Waals surface area contributed by atoms with Crippen molar-refractivity contribution in [1.29, 1.82) is 0 Å². The van der Waals surface area contributed by atoms with E-state index in [-0.39, 0.29) is 11.9 Å². The molecule has 0 spiro atoms. The van der Waals surface area contributed by atoms with Crippen LogP contribution in [0.2, 0.25) is 0 Å². The average Bonchev–Trinajstić information content (AvgIpc) is 3.08. The van der Waals surface area contributed by atoms with Crippen molar-refractivity contribution in [2.75, 3.05) is 33.2 Å². The largest absolute Gasteiger partial charge is 0.328 e. The molecule has 1 aliphatic rings. The van der Waals surface area contributed by atoms with Crippen molar-refractivity contribution in [2.24, 2.45) is 0 Å². The fourth-order valence-corrected chi connectivity index (χ4v) is 4.89. The van der Waals surface area contributed by atoms with Gasteiger partial charge in [0.05, 0.1) is 11.9 Å². The summed E-state index contributed by atoms with van der Waals surface area (Å²) in [6, 6.07) is 7.04. The Morgan fingerprint density at radius 3 is 2.44 bits per heavy atom. The van der Waals surface area contributed by atoms with Gasteiger partial charge in [-0.15, -0.1) is 5.10 Å². The molecule has 1 saturated heterocycles. The molecule has 8 nitrogen and oxygen atoms in total. The Labute approximate surface area is 161 Å². The molecule has 1 aromatic carbocycles. The van der Waals surface area contributed by atoms with Crippen LogP contribution in [-0.2, 0) is 15.7 Å². The van der Waals surface area contributed by atoms with Gasteiger partial charge < -0.3 is 9.80 Å². The SMILES string of the molecule is CCC[C@@H](c1nnnn1CS(=O)(=O)c1ccc(C)cc1)[NH+]1CC[NH+](C)CC1. The zero-order valence-electron chi connectivity index (χ0n) is 16.4. The van der Waals surface area contributed by atoms with Gasteiger partial charge in [0.15, 0.2) is 15.7 Å². The van der Waals surface area contributed by atoms with Crippen molar-refractivity contribution in [3.63, 3.8) is 0 Å². The van der Waals surface area contributed by atoms with Gasteiger partial charge in [0.1, 0.15) is 32.2 Å². The third kappa shape index (κ3) is 4.72. The fourth-order valence-electron chi connectivity index (χ4n) is 3.69. The minimum absolute atomic E-state index is 0.131. The van der Waals surface area contributed by atoms with Gasteiger partial charge in [-0.2, -0.15) is 0 Å². The second-order valence-electron chi connectivity index (χ2n) is 7.55. The van der Waals surface area contributed by atoms with Crippen molar-refractivity contribution in [1.82, 2.24) is 20.2 Å². The summed E-state index contributed by atoms with van der Waals surface area (Å²) >= 11 is 0. The van der Waals surface area contributed by atoms with Gasteiger partial charge in [-0.3, -0.25) is 0 Å². The standard InChI is InChI=1S/C18H28N6O2S/c1-4-5-17(23-12-10-22(3)11-13-23)18-19-20-21-24(18)14-27(25,26)16-8-6-15(2)7-9-16/h6-9,17H,4-5,10-14H2,1-3H3/p+2/t17-/m0/s1. The number of nitrogens with zero attached hydrogens (tertiary/aromatic N) is 4. The number of hydrogen-bond acceptors (Lipinski definition) is 5. The lowest BCUT2D eigenvalue weighted by atomic mass is 10.1. The molecule has 1 atom stereocenters. The predicted octanol–water partition coefficient (Wildman–Crippen LogP) is -1.33. The lowest BCUT2D eigenvalue weighted by Crippen LogP contribution is -3.27. The van der Waals surface area contributed by atoms with Gasteiger partial charge in [-0.25, -0.2) is 13.1 Å². The normalized spacial score (nSPS) is 21.9. The van der Waals surface area contributed by atoms with E-state index >= 15 is 0 Å². The first-order valence-corrected chi connectivity index (χ1v) is 11.3. The number of aromatic nitrogens is 4. The highest BCUT2D eigenvalue weighted by Crippen LogP contribution is 2.17. The van der Waals surface area contributed by atoms with E-state index in [2.05, 4.69) is 29.5 Å². The molecule has 0 saturated carbocycles. The molecule has 0 aliphatic carbocycles. The van der Waals surface area contributed by atoms with E-state index in [0.717, 1.165) is 44.6 Å². The van der Waals surface area contributed by atoms with Crippen LogP contribution in [0.1, 0.15) is 37.2 Å². The van der Waals surface area contributed by atoms with Gasteiger partial charge in [0.2, 0.25) is 5.82 Å². The Balaban J connectivity index is 1.84. The lowest BCUT2D eigenvalue weighted by Gasteiger charge is -2.32. The van der Waals surface area contributed by atoms with Crippen LogP contribution >= 0.6 is 0 Å². The second-order valence-corrected chi connectivity index (χ2v) is 9.51. The van der Waals surface area contributed by atoms with E-state index in [1.165, 1.54) is 14.5 Å². The highest BCUT2D eigenvalue weighted by atomic mass is 32.2. The third-order valence-electron chi connectivity index (χ3n) is 5.36. The maximum absolute atomic E-state index is 12.8. The molecule has 0 bridgehead atoms. The molecule has 2 heterocycles. The number of nitrogens with one attached hydrogen (secondary N) is 2. The van der Waals surface area contributed by atoms with Crippen LogP contribution in [-0.4, -0.2) is 61.9 Å². The van der Waals surface area contributed by atoms with Crippen LogP contribution in [0.5, 0.6) is 0 Å². The number of aryl methyl sites for hydroxylation is 1. The Hall–Kier alpha value is -1.84. The molecule has 0 amide bonds. The lowest BCUT2D eigenvalue weighted by molar-refractivity contribution is -1.02. The van der Waals surface area contributed by atoms with E-state index < -0.39 is 9.84 Å². The topological polar surface area (TPSA) is 86.6 Å². The smallest absolute Gasteiger partial charge is 0.210 e. The molecule has 0 radical (unpaired) electrons. The maximum Gasteiger partial charge on any atom is 0.210 e. The number of tetrazole rings is 1. The van der Waals surface area contributed by atoms with Gasteiger partial charge in [0, 0.05) is 6.42 Å². The van der Waals surface area contributed by atoms with Gasteiger partial charge in [-0.1, -0.05) is 31.0 Å². The average molecular weight is 395 g/mol. The highest BCUT2D eigenvalue weighted by molar-refractivity contribution is 7.90. The van der Waals surface area contributed by atoms with E-state index in [1.807, 2.05) is 19.1 Å². The first-order chi connectivity index (χ1) is 12.9. The van der Waals surface area contributed by atoms with Crippen LogP contribution < -0.4 is 9.80 Å². The summed E-state index contributed by atoms with van der Waals surface area (Å²) in [7, 11) is -1.29. The molecule has 148 valence electrons. The molecule has 1 fully saturated rings. The summed E-state index contributed by atoms with van der Waals surface area (Å²) in [6.07, 6.45) is 1.95. The number of piperazine rings is 1. The maximum atomic E-state index is 12.8. The van der Waals surface area contributed by atoms with Gasteiger partial charge in [0.25, 0.3) is 0 Å². The van der Waals surface area contributed by atoms with E-state index in [0.29, 0.717) is 10.7 Å². The molecule has 27 heavy (non-hydrogen) atoms. The molecule has 2 aromatic rings. The number of hydrogen-bond donors (Lipinski definition) is 2. The van der Waals surface area contributed by atoms with Crippen LogP contribution in [0.25, 0.3) is 0 Å². The van der Waals surface area contributed by atoms with Crippen molar-refractivity contribution < 1.29 is 18.2 Å². The summed E-state index contributed by atoms with van der Waals surface area (Å²) in [6.45, 7) is 8.40. The third-order valence-corrected chi connectivity index (χ3v) is 6.93. The molecule has 1 aromatic heterocycles. The van der Waals surface area contributed by atoms with E-state index in [1.54, 1.807) is 12.1 Å². The summed E-state index contributed by atoms with van der Waals surface area (Å²) in [4.78, 5) is 3.29. The van der Waals surface area contributed by atoms with Gasteiger partial charge >= 0.3 is 0 Å². The quantitative estimate of drug-likeness (QED) is 0.608. The van der Waals surface area contributed by atoms with Gasteiger partial charge in [-0.05, 0) is 29.5 Å². The first-order valence-electron chi connectivity index (χ1n) is 9.62. The number of sulfone groups is 1. The molecular formula is C18H30N6O2S+2. The minimum Gasteiger partial charge on any atom is -0.328 e. The van der Waals surface area contributed by atoms with Crippen LogP contribution in [0.15, 0.2) is 29.2 Å². The van der Waals surface area contributed by atoms with Crippen LogP contribution in [0, 0.1) is 6.92 Å².